The molecular weight excluding hydrogens is 230 g/mol. The van der Waals surface area contributed by atoms with Gasteiger partial charge in [0.05, 0.1) is 5.56 Å². The van der Waals surface area contributed by atoms with Crippen molar-refractivity contribution >= 4 is 5.97 Å². The lowest BCUT2D eigenvalue weighted by Gasteiger charge is -2.21. The molecule has 1 aliphatic rings. The third-order valence-electron chi connectivity index (χ3n) is 2.59. The first-order valence-corrected chi connectivity index (χ1v) is 6.16. The quantitative estimate of drug-likeness (QED) is 0.774. The van der Waals surface area contributed by atoms with Crippen LogP contribution in [-0.4, -0.2) is 24.7 Å². The average molecular weight is 249 g/mol. The van der Waals surface area contributed by atoms with Gasteiger partial charge in [-0.2, -0.15) is 0 Å². The lowest BCUT2D eigenvalue weighted by atomic mass is 10.1. The molecule has 0 saturated carbocycles. The molecule has 0 aliphatic carbocycles. The molecule has 4 nitrogen and oxygen atoms in total. The van der Waals surface area contributed by atoms with Crippen LogP contribution in [0.15, 0.2) is 18.2 Å². The van der Waals surface area contributed by atoms with E-state index in [1.54, 1.807) is 6.07 Å². The van der Waals surface area contributed by atoms with Crippen molar-refractivity contribution in [2.75, 3.05) is 13.2 Å². The summed E-state index contributed by atoms with van der Waals surface area (Å²) in [4.78, 5) is 12.1. The number of carbonyl (C=O) groups is 1. The van der Waals surface area contributed by atoms with E-state index >= 15 is 0 Å². The number of rotatable bonds is 1. The van der Waals surface area contributed by atoms with Gasteiger partial charge < -0.3 is 14.8 Å². The van der Waals surface area contributed by atoms with Gasteiger partial charge in [-0.1, -0.05) is 6.07 Å². The van der Waals surface area contributed by atoms with Crippen molar-refractivity contribution in [3.8, 4) is 5.75 Å². The number of hydrogen-bond acceptors (Lipinski definition) is 4. The molecule has 1 aliphatic heterocycles. The summed E-state index contributed by atoms with van der Waals surface area (Å²) in [7, 11) is 0. The van der Waals surface area contributed by atoms with Crippen LogP contribution in [0.2, 0.25) is 0 Å². The van der Waals surface area contributed by atoms with Crippen LogP contribution in [0.5, 0.6) is 5.75 Å². The number of ether oxygens (including phenoxy) is 2. The van der Waals surface area contributed by atoms with Crippen molar-refractivity contribution < 1.29 is 14.3 Å². The van der Waals surface area contributed by atoms with Gasteiger partial charge in [0.25, 0.3) is 0 Å². The molecule has 4 heteroatoms. The second kappa shape index (κ2) is 4.98. The Morgan fingerprint density at radius 1 is 1.39 bits per heavy atom. The number of esters is 1. The monoisotopic (exact) mass is 249 g/mol. The summed E-state index contributed by atoms with van der Waals surface area (Å²) in [5, 5.41) is 3.23. The molecule has 0 spiro atoms. The molecule has 98 valence electrons. The molecular formula is C14H19NO3. The Kier molecular flexibility index (Phi) is 3.57. The van der Waals surface area contributed by atoms with Crippen molar-refractivity contribution in [2.24, 2.45) is 0 Å². The topological polar surface area (TPSA) is 47.6 Å². The van der Waals surface area contributed by atoms with E-state index in [1.165, 1.54) is 0 Å². The van der Waals surface area contributed by atoms with Gasteiger partial charge in [-0.15, -0.1) is 0 Å². The van der Waals surface area contributed by atoms with E-state index in [2.05, 4.69) is 5.32 Å². The van der Waals surface area contributed by atoms with Gasteiger partial charge in [-0.25, -0.2) is 4.79 Å². The summed E-state index contributed by atoms with van der Waals surface area (Å²) >= 11 is 0. The Morgan fingerprint density at radius 2 is 2.17 bits per heavy atom. The van der Waals surface area contributed by atoms with Crippen molar-refractivity contribution in [1.82, 2.24) is 5.32 Å². The second-order valence-corrected chi connectivity index (χ2v) is 5.31. The largest absolute Gasteiger partial charge is 0.492 e. The van der Waals surface area contributed by atoms with Crippen LogP contribution in [0.1, 0.15) is 36.7 Å². The van der Waals surface area contributed by atoms with E-state index in [-0.39, 0.29) is 5.97 Å². The Bertz CT molecular complexity index is 449. The standard InChI is InChI=1S/C14H19NO3/c1-14(2,3)18-13(16)10-5-4-6-12-11(10)9-15-7-8-17-12/h4-6,15H,7-9H2,1-3H3. The van der Waals surface area contributed by atoms with Crippen LogP contribution in [-0.2, 0) is 11.3 Å². The highest BCUT2D eigenvalue weighted by molar-refractivity contribution is 5.92. The number of nitrogens with one attached hydrogen (secondary N) is 1. The molecule has 0 fully saturated rings. The zero-order valence-corrected chi connectivity index (χ0v) is 11.1. The van der Waals surface area contributed by atoms with Crippen molar-refractivity contribution in [2.45, 2.75) is 32.9 Å². The Hall–Kier alpha value is -1.55. The molecule has 0 amide bonds. The van der Waals surface area contributed by atoms with Crippen molar-refractivity contribution in [3.05, 3.63) is 29.3 Å². The Balaban J connectivity index is 2.31. The number of hydrogen-bond donors (Lipinski definition) is 1. The highest BCUT2D eigenvalue weighted by atomic mass is 16.6. The fourth-order valence-electron chi connectivity index (χ4n) is 1.85. The first-order chi connectivity index (χ1) is 8.47. The number of carbonyl (C=O) groups excluding carboxylic acids is 1. The zero-order valence-electron chi connectivity index (χ0n) is 11.1. The fourth-order valence-corrected chi connectivity index (χ4v) is 1.85. The Labute approximate surface area is 107 Å². The smallest absolute Gasteiger partial charge is 0.339 e. The van der Waals surface area contributed by atoms with E-state index in [1.807, 2.05) is 32.9 Å². The van der Waals surface area contributed by atoms with E-state index in [0.29, 0.717) is 18.7 Å². The highest BCUT2D eigenvalue weighted by Gasteiger charge is 2.22. The highest BCUT2D eigenvalue weighted by Crippen LogP contribution is 2.25. The van der Waals surface area contributed by atoms with Crippen molar-refractivity contribution in [3.63, 3.8) is 0 Å². The summed E-state index contributed by atoms with van der Waals surface area (Å²) < 4.78 is 11.0. The van der Waals surface area contributed by atoms with Crippen LogP contribution in [0, 0.1) is 0 Å². The summed E-state index contributed by atoms with van der Waals surface area (Å²) in [6, 6.07) is 5.49. The summed E-state index contributed by atoms with van der Waals surface area (Å²) in [5.41, 5.74) is 0.972. The SMILES string of the molecule is CC(C)(C)OC(=O)c1cccc2c1CNCCO2. The van der Waals surface area contributed by atoms with E-state index < -0.39 is 5.60 Å². The maximum Gasteiger partial charge on any atom is 0.339 e. The minimum atomic E-state index is -0.487. The minimum Gasteiger partial charge on any atom is -0.492 e. The van der Waals surface area contributed by atoms with Crippen molar-refractivity contribution in [1.29, 1.82) is 0 Å². The molecule has 1 heterocycles. The lowest BCUT2D eigenvalue weighted by Crippen LogP contribution is -2.25. The second-order valence-electron chi connectivity index (χ2n) is 5.31. The first kappa shape index (κ1) is 12.9. The summed E-state index contributed by atoms with van der Waals surface area (Å²) in [5.74, 6) is 0.468. The molecule has 0 unspecified atom stereocenters. The molecule has 2 rings (SSSR count). The molecule has 1 N–H and O–H groups in total. The molecule has 1 aromatic rings. The van der Waals surface area contributed by atoms with Crippen LogP contribution < -0.4 is 10.1 Å². The van der Waals surface area contributed by atoms with Gasteiger partial charge in [0.15, 0.2) is 0 Å². The van der Waals surface area contributed by atoms with E-state index in [9.17, 15) is 4.79 Å². The van der Waals surface area contributed by atoms with E-state index in [0.717, 1.165) is 17.9 Å². The van der Waals surface area contributed by atoms with Gasteiger partial charge >= 0.3 is 5.97 Å². The van der Waals surface area contributed by atoms with Gasteiger partial charge in [0, 0.05) is 18.7 Å². The first-order valence-electron chi connectivity index (χ1n) is 6.16. The number of fused-ring (bicyclic) bond motifs is 1. The molecule has 0 atom stereocenters. The minimum absolute atomic E-state index is 0.299. The molecule has 0 bridgehead atoms. The molecule has 0 saturated heterocycles. The van der Waals surface area contributed by atoms with Gasteiger partial charge in [0.1, 0.15) is 18.0 Å². The van der Waals surface area contributed by atoms with Crippen LogP contribution in [0.3, 0.4) is 0 Å². The molecule has 0 aromatic heterocycles. The Morgan fingerprint density at radius 3 is 2.89 bits per heavy atom. The normalized spacial score (nSPS) is 15.3. The van der Waals surface area contributed by atoms with E-state index in [4.69, 9.17) is 9.47 Å². The zero-order chi connectivity index (χ0) is 13.2. The number of benzene rings is 1. The third kappa shape index (κ3) is 3.01. The molecule has 18 heavy (non-hydrogen) atoms. The predicted octanol–water partition coefficient (Wildman–Crippen LogP) is 2.12. The van der Waals surface area contributed by atoms with Gasteiger partial charge in [0.2, 0.25) is 0 Å². The van der Waals surface area contributed by atoms with Gasteiger partial charge in [-0.3, -0.25) is 0 Å². The van der Waals surface area contributed by atoms with Crippen LogP contribution in [0.4, 0.5) is 0 Å². The molecule has 1 aromatic carbocycles. The summed E-state index contributed by atoms with van der Waals surface area (Å²) in [6.07, 6.45) is 0. The maximum absolute atomic E-state index is 12.1. The van der Waals surface area contributed by atoms with Crippen LogP contribution in [0.25, 0.3) is 0 Å². The lowest BCUT2D eigenvalue weighted by molar-refractivity contribution is 0.00679. The average Bonchev–Trinajstić information content (AvgIpc) is 2.50. The van der Waals surface area contributed by atoms with Gasteiger partial charge in [-0.05, 0) is 32.9 Å². The molecule has 0 radical (unpaired) electrons. The summed E-state index contributed by atoms with van der Waals surface area (Å²) in [6.45, 7) is 7.61. The predicted molar refractivity (Wildman–Crippen MR) is 68.8 cm³/mol. The maximum atomic E-state index is 12.1. The fraction of sp³-hybridized carbons (Fsp3) is 0.500. The van der Waals surface area contributed by atoms with Crippen LogP contribution >= 0.6 is 0 Å². The third-order valence-corrected chi connectivity index (χ3v) is 2.59.